The summed E-state index contributed by atoms with van der Waals surface area (Å²) in [6, 6.07) is 15.0. The number of carboxylic acid groups (broad SMARTS) is 1. The summed E-state index contributed by atoms with van der Waals surface area (Å²) >= 11 is 1.89. The zero-order valence-corrected chi connectivity index (χ0v) is 15.2. The van der Waals surface area contributed by atoms with Crippen molar-refractivity contribution in [3.05, 3.63) is 42.5 Å². The fraction of sp³-hybridized carbons (Fsp3) is 0.389. The number of benzene rings is 2. The maximum absolute atomic E-state index is 11.4. The molecule has 112 valence electrons. The van der Waals surface area contributed by atoms with Crippen LogP contribution in [0.1, 0.15) is 19.3 Å². The molecule has 0 aromatic heterocycles. The SMILES string of the molecule is O=C(O)C1CC2CC(Sc3ccc4ccccc4c3)C1C2.[Ge]. The van der Waals surface area contributed by atoms with Gasteiger partial charge in [-0.3, -0.25) is 4.79 Å². The number of fused-ring (bicyclic) bond motifs is 3. The fourth-order valence-corrected chi connectivity index (χ4v) is 5.66. The van der Waals surface area contributed by atoms with Crippen molar-refractivity contribution in [2.45, 2.75) is 29.4 Å². The Labute approximate surface area is 145 Å². The topological polar surface area (TPSA) is 37.3 Å². The Bertz CT molecular complexity index is 702. The maximum atomic E-state index is 11.4. The molecule has 2 fully saturated rings. The van der Waals surface area contributed by atoms with Crippen molar-refractivity contribution in [3.63, 3.8) is 0 Å². The summed E-state index contributed by atoms with van der Waals surface area (Å²) in [4.78, 5) is 12.6. The predicted molar refractivity (Wildman–Crippen MR) is 91.3 cm³/mol. The molecule has 4 radical (unpaired) electrons. The molecule has 0 aliphatic heterocycles. The zero-order valence-electron chi connectivity index (χ0n) is 12.2. The smallest absolute Gasteiger partial charge is 0.306 e. The predicted octanol–water partition coefficient (Wildman–Crippen LogP) is 4.05. The molecule has 22 heavy (non-hydrogen) atoms. The van der Waals surface area contributed by atoms with Crippen LogP contribution in [0.15, 0.2) is 47.4 Å². The van der Waals surface area contributed by atoms with Crippen molar-refractivity contribution < 1.29 is 9.90 Å². The van der Waals surface area contributed by atoms with E-state index in [1.807, 2.05) is 11.8 Å². The van der Waals surface area contributed by atoms with E-state index in [0.29, 0.717) is 17.1 Å². The molecule has 0 heterocycles. The van der Waals surface area contributed by atoms with Gasteiger partial charge in [-0.1, -0.05) is 30.3 Å². The summed E-state index contributed by atoms with van der Waals surface area (Å²) in [5.41, 5.74) is 0. The van der Waals surface area contributed by atoms with Gasteiger partial charge in [-0.2, -0.15) is 0 Å². The minimum atomic E-state index is -0.591. The Morgan fingerprint density at radius 2 is 1.82 bits per heavy atom. The summed E-state index contributed by atoms with van der Waals surface area (Å²) in [5, 5.41) is 12.4. The van der Waals surface area contributed by atoms with Crippen molar-refractivity contribution in [1.82, 2.24) is 0 Å². The van der Waals surface area contributed by atoms with Gasteiger partial charge in [0, 0.05) is 27.7 Å². The summed E-state index contributed by atoms with van der Waals surface area (Å²) in [6.07, 6.45) is 3.20. The van der Waals surface area contributed by atoms with Crippen molar-refractivity contribution in [3.8, 4) is 0 Å². The van der Waals surface area contributed by atoms with Gasteiger partial charge >= 0.3 is 5.97 Å². The van der Waals surface area contributed by atoms with Crippen molar-refractivity contribution in [2.24, 2.45) is 17.8 Å². The molecule has 2 aliphatic rings. The number of rotatable bonds is 3. The minimum absolute atomic E-state index is 0. The maximum Gasteiger partial charge on any atom is 0.306 e. The molecule has 0 saturated heterocycles. The molecule has 2 saturated carbocycles. The van der Waals surface area contributed by atoms with Gasteiger partial charge in [0.25, 0.3) is 0 Å². The first-order valence-electron chi connectivity index (χ1n) is 7.59. The standard InChI is InChI=1S/C18H18O2S.Ge/c19-18(20)16-8-11-7-15(16)17(9-11)21-14-6-5-12-3-1-2-4-13(12)10-14;/h1-6,10-11,15-17H,7-9H2,(H,19,20);. The number of thioether (sulfide) groups is 1. The molecular formula is C18H18GeO2S. The first-order valence-corrected chi connectivity index (χ1v) is 8.47. The molecule has 2 aromatic rings. The summed E-state index contributed by atoms with van der Waals surface area (Å²) in [5.74, 6) is 0.297. The van der Waals surface area contributed by atoms with Crippen LogP contribution in [0, 0.1) is 17.8 Å². The van der Waals surface area contributed by atoms with Gasteiger partial charge < -0.3 is 5.11 Å². The second kappa shape index (κ2) is 6.28. The molecule has 4 rings (SSSR count). The Morgan fingerprint density at radius 1 is 1.05 bits per heavy atom. The number of carboxylic acids is 1. The van der Waals surface area contributed by atoms with Gasteiger partial charge in [0.1, 0.15) is 0 Å². The van der Waals surface area contributed by atoms with Crippen molar-refractivity contribution in [2.75, 3.05) is 0 Å². The molecule has 2 aliphatic carbocycles. The van der Waals surface area contributed by atoms with E-state index in [1.165, 1.54) is 22.1 Å². The molecule has 2 bridgehead atoms. The molecule has 4 atom stereocenters. The van der Waals surface area contributed by atoms with Gasteiger partial charge in [-0.05, 0) is 54.0 Å². The zero-order chi connectivity index (χ0) is 14.4. The summed E-state index contributed by atoms with van der Waals surface area (Å²) in [6.45, 7) is 0. The van der Waals surface area contributed by atoms with Gasteiger partial charge in [0.2, 0.25) is 0 Å². The van der Waals surface area contributed by atoms with Gasteiger partial charge in [-0.15, -0.1) is 11.8 Å². The Morgan fingerprint density at radius 3 is 2.55 bits per heavy atom. The molecule has 4 heteroatoms. The largest absolute Gasteiger partial charge is 0.481 e. The molecular weight excluding hydrogens is 353 g/mol. The van der Waals surface area contributed by atoms with E-state index >= 15 is 0 Å². The van der Waals surface area contributed by atoms with Gasteiger partial charge in [0.15, 0.2) is 0 Å². The van der Waals surface area contributed by atoms with E-state index in [9.17, 15) is 9.90 Å². The van der Waals surface area contributed by atoms with Crippen molar-refractivity contribution >= 4 is 46.1 Å². The first kappa shape index (κ1) is 15.9. The van der Waals surface area contributed by atoms with Crippen LogP contribution in [-0.2, 0) is 4.79 Å². The average molecular weight is 371 g/mol. The molecule has 2 aromatic carbocycles. The first-order chi connectivity index (χ1) is 10.2. The van der Waals surface area contributed by atoms with Gasteiger partial charge in [-0.25, -0.2) is 0 Å². The Hall–Kier alpha value is -0.937. The van der Waals surface area contributed by atoms with E-state index in [1.54, 1.807) is 0 Å². The van der Waals surface area contributed by atoms with Crippen molar-refractivity contribution in [1.29, 1.82) is 0 Å². The summed E-state index contributed by atoms with van der Waals surface area (Å²) in [7, 11) is 0. The monoisotopic (exact) mass is 372 g/mol. The number of hydrogen-bond donors (Lipinski definition) is 1. The van der Waals surface area contributed by atoms with Crippen LogP contribution in [-0.4, -0.2) is 33.9 Å². The van der Waals surface area contributed by atoms with E-state index < -0.39 is 5.97 Å². The molecule has 0 amide bonds. The normalized spacial score (nSPS) is 29.5. The number of carbonyl (C=O) groups is 1. The van der Waals surface area contributed by atoms with Crippen LogP contribution in [0.25, 0.3) is 10.8 Å². The second-order valence-electron chi connectivity index (χ2n) is 6.35. The van der Waals surface area contributed by atoms with E-state index in [-0.39, 0.29) is 23.5 Å². The number of hydrogen-bond acceptors (Lipinski definition) is 2. The molecule has 1 N–H and O–H groups in total. The van der Waals surface area contributed by atoms with Crippen LogP contribution in [0.3, 0.4) is 0 Å². The molecule has 0 spiro atoms. The van der Waals surface area contributed by atoms with Crippen LogP contribution in [0.5, 0.6) is 0 Å². The van der Waals surface area contributed by atoms with Crippen LogP contribution in [0.2, 0.25) is 0 Å². The fourth-order valence-electron chi connectivity index (χ4n) is 4.12. The molecule has 2 nitrogen and oxygen atoms in total. The summed E-state index contributed by atoms with van der Waals surface area (Å²) < 4.78 is 0. The second-order valence-corrected chi connectivity index (χ2v) is 7.66. The Kier molecular flexibility index (Phi) is 4.55. The third-order valence-electron chi connectivity index (χ3n) is 5.08. The Balaban J connectivity index is 0.00000144. The van der Waals surface area contributed by atoms with Crippen LogP contribution < -0.4 is 0 Å². The van der Waals surface area contributed by atoms with Crippen LogP contribution in [0.4, 0.5) is 0 Å². The molecule has 4 unspecified atom stereocenters. The van der Waals surface area contributed by atoms with Crippen LogP contribution >= 0.6 is 11.8 Å². The van der Waals surface area contributed by atoms with Gasteiger partial charge in [0.05, 0.1) is 5.92 Å². The number of aliphatic carboxylic acids is 1. The van der Waals surface area contributed by atoms with E-state index in [0.717, 1.165) is 12.8 Å². The van der Waals surface area contributed by atoms with E-state index in [4.69, 9.17) is 0 Å². The minimum Gasteiger partial charge on any atom is -0.481 e. The third kappa shape index (κ3) is 2.81. The third-order valence-corrected chi connectivity index (χ3v) is 6.45. The quantitative estimate of drug-likeness (QED) is 0.828. The average Bonchev–Trinajstić information content (AvgIpc) is 3.07. The van der Waals surface area contributed by atoms with E-state index in [2.05, 4.69) is 42.5 Å².